The number of hydrogen-bond acceptors (Lipinski definition) is 3. The van der Waals surface area contributed by atoms with E-state index in [-0.39, 0.29) is 18.2 Å². The Morgan fingerprint density at radius 3 is 2.21 bits per heavy atom. The van der Waals surface area contributed by atoms with Crippen molar-refractivity contribution in [3.63, 3.8) is 0 Å². The molecule has 0 amide bonds. The van der Waals surface area contributed by atoms with E-state index in [1.54, 1.807) is 0 Å². The highest BCUT2D eigenvalue weighted by Gasteiger charge is 2.23. The summed E-state index contributed by atoms with van der Waals surface area (Å²) in [5.41, 5.74) is 0. The minimum atomic E-state index is -0.335. The van der Waals surface area contributed by atoms with Gasteiger partial charge in [0.25, 0.3) is 0 Å². The molecular weight excluding hydrogens is 180 g/mol. The van der Waals surface area contributed by atoms with Gasteiger partial charge in [0, 0.05) is 6.08 Å². The molecule has 1 saturated carbocycles. The van der Waals surface area contributed by atoms with Crippen LogP contribution in [0, 0.1) is 0 Å². The molecule has 0 atom stereocenters. The minimum absolute atomic E-state index is 0.0326. The molecule has 78 valence electrons. The van der Waals surface area contributed by atoms with E-state index in [0.29, 0.717) is 0 Å². The van der Waals surface area contributed by atoms with Crippen molar-refractivity contribution in [1.29, 1.82) is 0 Å². The topological polar surface area (TPSA) is 35.5 Å². The van der Waals surface area contributed by atoms with Gasteiger partial charge in [-0.2, -0.15) is 0 Å². The second-order valence-electron chi connectivity index (χ2n) is 3.34. The van der Waals surface area contributed by atoms with Gasteiger partial charge < -0.3 is 9.47 Å². The van der Waals surface area contributed by atoms with Crippen molar-refractivity contribution in [3.05, 3.63) is 25.5 Å². The van der Waals surface area contributed by atoms with Crippen molar-refractivity contribution >= 4 is 5.97 Å². The van der Waals surface area contributed by atoms with Gasteiger partial charge in [0.1, 0.15) is 6.10 Å². The third kappa shape index (κ3) is 3.24. The van der Waals surface area contributed by atoms with Crippen LogP contribution in [-0.2, 0) is 14.3 Å². The molecule has 0 aliphatic heterocycles. The molecule has 1 rings (SSSR count). The lowest BCUT2D eigenvalue weighted by atomic mass is 9.95. The van der Waals surface area contributed by atoms with Crippen LogP contribution >= 0.6 is 0 Å². The van der Waals surface area contributed by atoms with Crippen LogP contribution in [0.25, 0.3) is 0 Å². The van der Waals surface area contributed by atoms with E-state index in [2.05, 4.69) is 13.2 Å². The summed E-state index contributed by atoms with van der Waals surface area (Å²) in [5, 5.41) is 0. The molecule has 1 aliphatic rings. The number of ether oxygens (including phenoxy) is 2. The molecule has 3 nitrogen and oxygen atoms in total. The number of hydrogen-bond donors (Lipinski definition) is 0. The van der Waals surface area contributed by atoms with Crippen LogP contribution in [0.3, 0.4) is 0 Å². The summed E-state index contributed by atoms with van der Waals surface area (Å²) in [7, 11) is 0. The normalized spacial score (nSPS) is 26.3. The van der Waals surface area contributed by atoms with Crippen molar-refractivity contribution in [2.24, 2.45) is 0 Å². The Morgan fingerprint density at radius 1 is 1.14 bits per heavy atom. The van der Waals surface area contributed by atoms with Gasteiger partial charge in [-0.15, -0.1) is 0 Å². The maximum absolute atomic E-state index is 10.9. The number of carbonyl (C=O) groups excluding carboxylic acids is 1. The lowest BCUT2D eigenvalue weighted by molar-refractivity contribution is -0.145. The van der Waals surface area contributed by atoms with Crippen LogP contribution in [0.2, 0.25) is 0 Å². The number of carbonyl (C=O) groups is 1. The van der Waals surface area contributed by atoms with Crippen LogP contribution in [0.4, 0.5) is 0 Å². The quantitative estimate of drug-likeness (QED) is 0.393. The van der Waals surface area contributed by atoms with Crippen LogP contribution in [-0.4, -0.2) is 18.2 Å². The monoisotopic (exact) mass is 196 g/mol. The first-order chi connectivity index (χ1) is 6.76. The predicted octanol–water partition coefficient (Wildman–Crippen LogP) is 2.19. The van der Waals surface area contributed by atoms with Crippen LogP contribution in [0.1, 0.15) is 25.7 Å². The van der Waals surface area contributed by atoms with Gasteiger partial charge in [-0.3, -0.25) is 0 Å². The van der Waals surface area contributed by atoms with E-state index >= 15 is 0 Å². The number of rotatable bonds is 4. The average molecular weight is 196 g/mol. The molecule has 0 unspecified atom stereocenters. The standard InChI is InChI=1S/C11H16O3/c1-3-11(12)14-10-7-5-9(6-8-10)13-4-2/h3-4,9-10H,1-2,5-8H2. The lowest BCUT2D eigenvalue weighted by Gasteiger charge is -2.27. The Bertz CT molecular complexity index is 215. The first-order valence-electron chi connectivity index (χ1n) is 4.85. The molecule has 0 bridgehead atoms. The van der Waals surface area contributed by atoms with Crippen molar-refractivity contribution < 1.29 is 14.3 Å². The molecule has 0 saturated heterocycles. The van der Waals surface area contributed by atoms with E-state index in [1.165, 1.54) is 12.3 Å². The zero-order valence-corrected chi connectivity index (χ0v) is 8.28. The smallest absolute Gasteiger partial charge is 0.330 e. The van der Waals surface area contributed by atoms with Crippen molar-refractivity contribution in [1.82, 2.24) is 0 Å². The highest BCUT2D eigenvalue weighted by molar-refractivity contribution is 5.81. The van der Waals surface area contributed by atoms with Crippen molar-refractivity contribution in [2.45, 2.75) is 37.9 Å². The summed E-state index contributed by atoms with van der Waals surface area (Å²) in [6, 6.07) is 0. The minimum Gasteiger partial charge on any atom is -0.499 e. The van der Waals surface area contributed by atoms with Gasteiger partial charge in [-0.05, 0) is 25.7 Å². The van der Waals surface area contributed by atoms with E-state index in [9.17, 15) is 4.79 Å². The van der Waals surface area contributed by atoms with Gasteiger partial charge in [-0.25, -0.2) is 4.79 Å². The van der Waals surface area contributed by atoms with Gasteiger partial charge in [0.15, 0.2) is 0 Å². The Kier molecular flexibility index (Phi) is 4.23. The Hall–Kier alpha value is -1.25. The Labute approximate surface area is 84.4 Å². The molecule has 1 aliphatic carbocycles. The fourth-order valence-electron chi connectivity index (χ4n) is 1.63. The molecular formula is C11H16O3. The van der Waals surface area contributed by atoms with Gasteiger partial charge in [0.2, 0.25) is 0 Å². The van der Waals surface area contributed by atoms with E-state index in [4.69, 9.17) is 9.47 Å². The Balaban J connectivity index is 2.24. The van der Waals surface area contributed by atoms with Crippen molar-refractivity contribution in [2.75, 3.05) is 0 Å². The summed E-state index contributed by atoms with van der Waals surface area (Å²) in [4.78, 5) is 10.9. The molecule has 0 aromatic carbocycles. The van der Waals surface area contributed by atoms with Crippen LogP contribution < -0.4 is 0 Å². The van der Waals surface area contributed by atoms with E-state index in [0.717, 1.165) is 25.7 Å². The maximum atomic E-state index is 10.9. The van der Waals surface area contributed by atoms with Crippen LogP contribution in [0.15, 0.2) is 25.5 Å². The lowest BCUT2D eigenvalue weighted by Crippen LogP contribution is -2.26. The molecule has 0 radical (unpaired) electrons. The fraction of sp³-hybridized carbons (Fsp3) is 0.545. The Morgan fingerprint density at radius 2 is 1.71 bits per heavy atom. The summed E-state index contributed by atoms with van der Waals surface area (Å²) in [5.74, 6) is -0.335. The highest BCUT2D eigenvalue weighted by Crippen LogP contribution is 2.23. The van der Waals surface area contributed by atoms with Gasteiger partial charge >= 0.3 is 5.97 Å². The molecule has 0 aromatic heterocycles. The molecule has 0 N–H and O–H groups in total. The zero-order chi connectivity index (χ0) is 10.4. The SMILES string of the molecule is C=COC1CCC(OC(=O)C=C)CC1. The van der Waals surface area contributed by atoms with E-state index in [1.807, 2.05) is 0 Å². The molecule has 1 fully saturated rings. The van der Waals surface area contributed by atoms with Crippen LogP contribution in [0.5, 0.6) is 0 Å². The predicted molar refractivity (Wildman–Crippen MR) is 53.6 cm³/mol. The first-order valence-corrected chi connectivity index (χ1v) is 4.85. The largest absolute Gasteiger partial charge is 0.499 e. The average Bonchev–Trinajstić information content (AvgIpc) is 2.21. The second kappa shape index (κ2) is 5.47. The van der Waals surface area contributed by atoms with E-state index < -0.39 is 0 Å². The van der Waals surface area contributed by atoms with Crippen molar-refractivity contribution in [3.8, 4) is 0 Å². The molecule has 14 heavy (non-hydrogen) atoms. The van der Waals surface area contributed by atoms with Gasteiger partial charge in [-0.1, -0.05) is 13.2 Å². The molecule has 0 heterocycles. The molecule has 0 spiro atoms. The zero-order valence-electron chi connectivity index (χ0n) is 8.28. The second-order valence-corrected chi connectivity index (χ2v) is 3.34. The first kappa shape index (κ1) is 10.8. The fourth-order valence-corrected chi connectivity index (χ4v) is 1.63. The highest BCUT2D eigenvalue weighted by atomic mass is 16.5. The third-order valence-corrected chi connectivity index (χ3v) is 2.36. The molecule has 0 aromatic rings. The summed E-state index contributed by atoms with van der Waals surface area (Å²) >= 11 is 0. The summed E-state index contributed by atoms with van der Waals surface area (Å²) in [6.07, 6.45) is 6.50. The number of esters is 1. The molecule has 3 heteroatoms. The summed E-state index contributed by atoms with van der Waals surface area (Å²) in [6.45, 7) is 6.87. The maximum Gasteiger partial charge on any atom is 0.330 e. The summed E-state index contributed by atoms with van der Waals surface area (Å²) < 4.78 is 10.4. The van der Waals surface area contributed by atoms with Gasteiger partial charge in [0.05, 0.1) is 12.4 Å². The third-order valence-electron chi connectivity index (χ3n) is 2.36.